The molecule has 1 aromatic carbocycles. The molecule has 2 saturated carbocycles. The van der Waals surface area contributed by atoms with E-state index in [2.05, 4.69) is 41.5 Å². The van der Waals surface area contributed by atoms with Crippen molar-refractivity contribution < 1.29 is 18.7 Å². The molecule has 2 aliphatic rings. The van der Waals surface area contributed by atoms with Gasteiger partial charge in [0.2, 0.25) is 0 Å². The van der Waals surface area contributed by atoms with Gasteiger partial charge in [-0.2, -0.15) is 0 Å². The van der Waals surface area contributed by atoms with E-state index in [-0.39, 0.29) is 12.2 Å². The number of hydrogen-bond donors (Lipinski definition) is 1. The van der Waals surface area contributed by atoms with Crippen LogP contribution >= 0.6 is 7.60 Å². The Hall–Kier alpha value is -0.670. The molecule has 0 aromatic heterocycles. The lowest BCUT2D eigenvalue weighted by Gasteiger charge is -2.42. The molecule has 4 nitrogen and oxygen atoms in total. The monoisotopic (exact) mass is 478 g/mol. The van der Waals surface area contributed by atoms with Gasteiger partial charge in [-0.15, -0.1) is 0 Å². The topological polar surface area (TPSA) is 55.8 Å². The number of rotatable bonds is 8. The molecule has 2 aliphatic carbocycles. The van der Waals surface area contributed by atoms with E-state index in [1.54, 1.807) is 0 Å². The largest absolute Gasteiger partial charge is 0.376 e. The Morgan fingerprint density at radius 2 is 1.24 bits per heavy atom. The van der Waals surface area contributed by atoms with Crippen molar-refractivity contribution in [2.75, 3.05) is 0 Å². The molecule has 0 spiro atoms. The zero-order valence-corrected chi connectivity index (χ0v) is 22.8. The van der Waals surface area contributed by atoms with Crippen LogP contribution in [-0.4, -0.2) is 17.3 Å². The molecular weight excluding hydrogens is 431 g/mol. The Kier molecular flexibility index (Phi) is 9.28. The van der Waals surface area contributed by atoms with Gasteiger partial charge in [0.05, 0.1) is 12.2 Å². The molecule has 5 heteroatoms. The summed E-state index contributed by atoms with van der Waals surface area (Å²) in [5, 5.41) is 11.5. The minimum absolute atomic E-state index is 0.154. The SMILES string of the molecule is Cc1ccc([C@@H](O)P(=O)(O[C@@H]2C[C@@H](C)CC[C@@H]2C(C)C)O[C@@H]2C[C@H](C)CC[C@H]2C(C)C)cc1. The van der Waals surface area contributed by atoms with E-state index in [0.717, 1.165) is 31.2 Å². The minimum atomic E-state index is -3.84. The third-order valence-electron chi connectivity index (χ3n) is 8.16. The van der Waals surface area contributed by atoms with Gasteiger partial charge < -0.3 is 14.2 Å². The van der Waals surface area contributed by atoms with Crippen LogP contribution in [0.15, 0.2) is 24.3 Å². The highest BCUT2D eigenvalue weighted by Gasteiger charge is 2.46. The Morgan fingerprint density at radius 1 is 0.818 bits per heavy atom. The fourth-order valence-electron chi connectivity index (χ4n) is 5.91. The first-order chi connectivity index (χ1) is 15.5. The van der Waals surface area contributed by atoms with Crippen LogP contribution in [0.5, 0.6) is 0 Å². The van der Waals surface area contributed by atoms with E-state index in [1.165, 1.54) is 12.8 Å². The molecule has 3 rings (SSSR count). The molecule has 0 saturated heterocycles. The third-order valence-corrected chi connectivity index (χ3v) is 10.2. The molecule has 1 unspecified atom stereocenters. The van der Waals surface area contributed by atoms with Crippen molar-refractivity contribution in [2.45, 2.75) is 105 Å². The van der Waals surface area contributed by atoms with Gasteiger partial charge in [-0.05, 0) is 73.7 Å². The fraction of sp³-hybridized carbons (Fsp3) is 0.786. The van der Waals surface area contributed by atoms with Crippen molar-refractivity contribution in [2.24, 2.45) is 35.5 Å². The quantitative estimate of drug-likeness (QED) is 0.383. The van der Waals surface area contributed by atoms with Crippen molar-refractivity contribution in [1.29, 1.82) is 0 Å². The van der Waals surface area contributed by atoms with Crippen molar-refractivity contribution in [3.05, 3.63) is 35.4 Å². The summed E-state index contributed by atoms with van der Waals surface area (Å²) in [6.45, 7) is 15.4. The molecule has 1 aromatic rings. The predicted molar refractivity (Wildman–Crippen MR) is 136 cm³/mol. The molecule has 0 radical (unpaired) electrons. The highest BCUT2D eigenvalue weighted by atomic mass is 31.2. The van der Waals surface area contributed by atoms with Crippen LogP contribution in [0.2, 0.25) is 0 Å². The van der Waals surface area contributed by atoms with Gasteiger partial charge in [0.15, 0.2) is 5.85 Å². The van der Waals surface area contributed by atoms with E-state index >= 15 is 0 Å². The van der Waals surface area contributed by atoms with Crippen LogP contribution in [0.3, 0.4) is 0 Å². The molecule has 0 heterocycles. The maximum atomic E-state index is 14.6. The van der Waals surface area contributed by atoms with Crippen molar-refractivity contribution in [3.8, 4) is 0 Å². The number of hydrogen-bond acceptors (Lipinski definition) is 4. The lowest BCUT2D eigenvalue weighted by atomic mass is 9.75. The number of benzene rings is 1. The molecule has 33 heavy (non-hydrogen) atoms. The Morgan fingerprint density at radius 3 is 1.64 bits per heavy atom. The number of aryl methyl sites for hydroxylation is 1. The van der Waals surface area contributed by atoms with Gasteiger partial charge in [0.1, 0.15) is 0 Å². The molecular formula is C28H47O4P. The maximum Gasteiger partial charge on any atom is 0.363 e. The standard InChI is InChI=1S/C28H47O4P/c1-18(2)24-14-10-21(6)16-26(24)31-33(30,28(29)23-12-8-20(5)9-13-23)32-27-17-22(7)11-15-25(27)19(3)4/h8-9,12-13,18-19,21-22,24-29H,10-11,14-17H2,1-7H3/t21-,22+,24+,25-,26-,27-,28+,33?/m1/s1. The number of aliphatic hydroxyl groups excluding tert-OH is 1. The lowest BCUT2D eigenvalue weighted by Crippen LogP contribution is -2.37. The second kappa shape index (κ2) is 11.4. The molecule has 0 aliphatic heterocycles. The van der Waals surface area contributed by atoms with Gasteiger partial charge in [0, 0.05) is 0 Å². The average Bonchev–Trinajstić information content (AvgIpc) is 2.73. The van der Waals surface area contributed by atoms with Crippen molar-refractivity contribution >= 4 is 7.60 Å². The summed E-state index contributed by atoms with van der Waals surface area (Å²) in [6.07, 6.45) is 5.90. The summed E-state index contributed by atoms with van der Waals surface area (Å²) in [5.41, 5.74) is 1.71. The average molecular weight is 479 g/mol. The molecule has 0 bridgehead atoms. The molecule has 1 N–H and O–H groups in total. The van der Waals surface area contributed by atoms with E-state index in [1.807, 2.05) is 31.2 Å². The first-order valence-corrected chi connectivity index (χ1v) is 14.8. The van der Waals surface area contributed by atoms with Crippen LogP contribution in [0.4, 0.5) is 0 Å². The smallest absolute Gasteiger partial charge is 0.363 e. The van der Waals surface area contributed by atoms with Gasteiger partial charge >= 0.3 is 7.60 Å². The molecule has 188 valence electrons. The van der Waals surface area contributed by atoms with Crippen molar-refractivity contribution in [1.82, 2.24) is 0 Å². The summed E-state index contributed by atoms with van der Waals surface area (Å²) in [7, 11) is -3.84. The van der Waals surface area contributed by atoms with Crippen LogP contribution in [0, 0.1) is 42.4 Å². The van der Waals surface area contributed by atoms with Gasteiger partial charge in [-0.1, -0.05) is 84.2 Å². The second-order valence-electron chi connectivity index (χ2n) is 11.8. The normalized spacial score (nSPS) is 33.8. The first-order valence-electron chi connectivity index (χ1n) is 13.2. The lowest BCUT2D eigenvalue weighted by molar-refractivity contribution is -0.0153. The van der Waals surface area contributed by atoms with E-state index in [4.69, 9.17) is 9.05 Å². The van der Waals surface area contributed by atoms with E-state index in [9.17, 15) is 9.67 Å². The molecule has 8 atom stereocenters. The predicted octanol–water partition coefficient (Wildman–Crippen LogP) is 8.13. The van der Waals surface area contributed by atoms with Gasteiger partial charge in [0.25, 0.3) is 0 Å². The maximum absolute atomic E-state index is 14.6. The summed E-state index contributed by atoms with van der Waals surface area (Å²) in [5.74, 6) is 1.30. The van der Waals surface area contributed by atoms with E-state index < -0.39 is 13.4 Å². The Labute approximate surface area is 202 Å². The molecule has 0 amide bonds. The van der Waals surface area contributed by atoms with Gasteiger partial charge in [-0.3, -0.25) is 4.57 Å². The summed E-state index contributed by atoms with van der Waals surface area (Å²) in [4.78, 5) is 0. The summed E-state index contributed by atoms with van der Waals surface area (Å²) >= 11 is 0. The van der Waals surface area contributed by atoms with Crippen LogP contribution in [-0.2, 0) is 13.6 Å². The first kappa shape index (κ1) is 26.9. The number of aliphatic hydroxyl groups is 1. The minimum Gasteiger partial charge on any atom is -0.376 e. The highest BCUT2D eigenvalue weighted by Crippen LogP contribution is 2.64. The third kappa shape index (κ3) is 6.72. The fourth-order valence-corrected chi connectivity index (χ4v) is 7.97. The molecule has 2 fully saturated rings. The van der Waals surface area contributed by atoms with Crippen LogP contribution < -0.4 is 0 Å². The summed E-state index contributed by atoms with van der Waals surface area (Å²) < 4.78 is 27.6. The van der Waals surface area contributed by atoms with Crippen LogP contribution in [0.25, 0.3) is 0 Å². The zero-order valence-electron chi connectivity index (χ0n) is 21.9. The highest BCUT2D eigenvalue weighted by molar-refractivity contribution is 7.54. The van der Waals surface area contributed by atoms with Crippen LogP contribution in [0.1, 0.15) is 97.0 Å². The Balaban J connectivity index is 1.94. The van der Waals surface area contributed by atoms with Crippen molar-refractivity contribution in [3.63, 3.8) is 0 Å². The Bertz CT molecular complexity index is 752. The van der Waals surface area contributed by atoms with E-state index in [0.29, 0.717) is 41.1 Å². The second-order valence-corrected chi connectivity index (χ2v) is 13.8. The van der Waals surface area contributed by atoms with Gasteiger partial charge in [-0.25, -0.2) is 0 Å². The zero-order chi connectivity index (χ0) is 24.3. The summed E-state index contributed by atoms with van der Waals surface area (Å²) in [6, 6.07) is 7.60.